The van der Waals surface area contributed by atoms with Crippen LogP contribution in [0.25, 0.3) is 17.4 Å². The quantitative estimate of drug-likeness (QED) is 0.383. The van der Waals surface area contributed by atoms with Crippen LogP contribution in [-0.4, -0.2) is 34.1 Å². The molecule has 3 aromatic rings. The second-order valence-corrected chi connectivity index (χ2v) is 9.28. The normalized spacial score (nSPS) is 16.4. The number of thioether (sulfide) groups is 1. The van der Waals surface area contributed by atoms with Gasteiger partial charge in [0.1, 0.15) is 11.5 Å². The van der Waals surface area contributed by atoms with Gasteiger partial charge in [-0.1, -0.05) is 17.7 Å². The predicted octanol–water partition coefficient (Wildman–Crippen LogP) is 6.60. The van der Waals surface area contributed by atoms with Crippen LogP contribution in [0.3, 0.4) is 0 Å². The van der Waals surface area contributed by atoms with Crippen LogP contribution in [0, 0.1) is 6.92 Å². The van der Waals surface area contributed by atoms with E-state index in [0.29, 0.717) is 32.3 Å². The molecule has 4 rings (SSSR count). The molecule has 1 N–H and O–H groups in total. The Labute approximate surface area is 201 Å². The van der Waals surface area contributed by atoms with Crippen molar-refractivity contribution >= 4 is 68.1 Å². The molecule has 0 bridgehead atoms. The summed E-state index contributed by atoms with van der Waals surface area (Å²) in [5.74, 6) is -0.0578. The van der Waals surface area contributed by atoms with Gasteiger partial charge in [-0.3, -0.25) is 9.69 Å². The van der Waals surface area contributed by atoms with E-state index in [2.05, 4.69) is 20.9 Å². The number of carboxylic acids is 1. The zero-order valence-corrected chi connectivity index (χ0v) is 20.1. The summed E-state index contributed by atoms with van der Waals surface area (Å²) in [5.41, 5.74) is 2.43. The third-order valence-electron chi connectivity index (χ3n) is 4.77. The lowest BCUT2D eigenvalue weighted by molar-refractivity contribution is -0.121. The smallest absolute Gasteiger partial charge is 0.335 e. The van der Waals surface area contributed by atoms with Gasteiger partial charge in [0.15, 0.2) is 5.17 Å². The van der Waals surface area contributed by atoms with Gasteiger partial charge >= 0.3 is 5.97 Å². The molecule has 0 atom stereocenters. The van der Waals surface area contributed by atoms with Crippen molar-refractivity contribution in [2.24, 2.45) is 4.99 Å². The van der Waals surface area contributed by atoms with Crippen molar-refractivity contribution in [1.82, 2.24) is 4.90 Å². The van der Waals surface area contributed by atoms with Gasteiger partial charge in [0.05, 0.1) is 21.2 Å². The molecule has 9 heteroatoms. The van der Waals surface area contributed by atoms with E-state index in [1.165, 1.54) is 22.7 Å². The van der Waals surface area contributed by atoms with Crippen LogP contribution in [0.5, 0.6) is 0 Å². The Kier molecular flexibility index (Phi) is 6.28. The number of furan rings is 1. The Balaban J connectivity index is 1.59. The molecule has 1 fully saturated rings. The highest BCUT2D eigenvalue weighted by molar-refractivity contribution is 9.10. The number of amides is 1. The molecule has 2 aromatic carbocycles. The van der Waals surface area contributed by atoms with E-state index in [0.717, 1.165) is 15.6 Å². The van der Waals surface area contributed by atoms with Gasteiger partial charge in [0, 0.05) is 23.2 Å². The molecule has 1 aliphatic rings. The molecular formula is C23H16BrClN2O4S. The fraction of sp³-hybridized carbons (Fsp3) is 0.0870. The maximum absolute atomic E-state index is 12.7. The number of aliphatic imine (C=N–C) groups is 1. The zero-order chi connectivity index (χ0) is 23.0. The summed E-state index contributed by atoms with van der Waals surface area (Å²) < 4.78 is 6.68. The molecule has 6 nitrogen and oxygen atoms in total. The van der Waals surface area contributed by atoms with Gasteiger partial charge in [0.2, 0.25) is 0 Å². The van der Waals surface area contributed by atoms with Gasteiger partial charge in [-0.2, -0.15) is 0 Å². The predicted molar refractivity (Wildman–Crippen MR) is 130 cm³/mol. The SMILES string of the molecule is Cc1cc(C(=O)O)ccc1-c1ccc(/C=C2\SC(=Nc3ccc(Br)c(Cl)c3)N(C)C2=O)o1. The molecule has 1 amide bonds. The number of benzene rings is 2. The molecule has 0 spiro atoms. The third-order valence-corrected chi connectivity index (χ3v) is 7.06. The van der Waals surface area contributed by atoms with E-state index in [4.69, 9.17) is 21.1 Å². The summed E-state index contributed by atoms with van der Waals surface area (Å²) in [5, 5.41) is 10.2. The van der Waals surface area contributed by atoms with Crippen LogP contribution >= 0.6 is 39.3 Å². The van der Waals surface area contributed by atoms with Crippen molar-refractivity contribution in [2.75, 3.05) is 7.05 Å². The van der Waals surface area contributed by atoms with E-state index < -0.39 is 5.97 Å². The highest BCUT2D eigenvalue weighted by Crippen LogP contribution is 2.35. The minimum Gasteiger partial charge on any atom is -0.478 e. The van der Waals surface area contributed by atoms with Gasteiger partial charge in [-0.05, 0) is 82.6 Å². The number of hydrogen-bond donors (Lipinski definition) is 1. The summed E-state index contributed by atoms with van der Waals surface area (Å²) in [6, 6.07) is 13.7. The summed E-state index contributed by atoms with van der Waals surface area (Å²) in [6.45, 7) is 1.82. The van der Waals surface area contributed by atoms with E-state index in [-0.39, 0.29) is 11.5 Å². The minimum atomic E-state index is -0.978. The van der Waals surface area contributed by atoms with Crippen LogP contribution in [0.15, 0.2) is 67.3 Å². The maximum atomic E-state index is 12.7. The monoisotopic (exact) mass is 530 g/mol. The number of carbonyl (C=O) groups excluding carboxylic acids is 1. The Morgan fingerprint density at radius 3 is 2.69 bits per heavy atom. The molecule has 162 valence electrons. The molecule has 1 aliphatic heterocycles. The van der Waals surface area contributed by atoms with Crippen molar-refractivity contribution in [3.63, 3.8) is 0 Å². The summed E-state index contributed by atoms with van der Waals surface area (Å²) in [4.78, 5) is 30.3. The number of hydrogen-bond acceptors (Lipinski definition) is 5. The Hall–Kier alpha value is -2.81. The molecule has 0 saturated carbocycles. The number of carbonyl (C=O) groups is 2. The van der Waals surface area contributed by atoms with Crippen molar-refractivity contribution in [3.05, 3.63) is 79.8 Å². The standard InChI is InChI=1S/C23H16BrClN2O4S/c1-12-9-13(22(29)30)3-6-16(12)19-8-5-15(31-19)11-20-21(28)27(2)23(32-20)26-14-4-7-17(24)18(25)10-14/h3-11H,1-2H3,(H,29,30)/b20-11-,26-23?. The Morgan fingerprint density at radius 1 is 1.22 bits per heavy atom. The van der Waals surface area contributed by atoms with E-state index in [1.54, 1.807) is 55.6 Å². The number of amidine groups is 1. The lowest BCUT2D eigenvalue weighted by atomic mass is 10.0. The second-order valence-electron chi connectivity index (χ2n) is 7.00. The molecule has 1 saturated heterocycles. The van der Waals surface area contributed by atoms with Crippen LogP contribution in [0.1, 0.15) is 21.7 Å². The van der Waals surface area contributed by atoms with E-state index in [9.17, 15) is 9.59 Å². The average molecular weight is 532 g/mol. The van der Waals surface area contributed by atoms with Crippen molar-refractivity contribution in [1.29, 1.82) is 0 Å². The van der Waals surface area contributed by atoms with Gasteiger partial charge in [-0.15, -0.1) is 0 Å². The fourth-order valence-electron chi connectivity index (χ4n) is 3.09. The topological polar surface area (TPSA) is 83.1 Å². The molecule has 32 heavy (non-hydrogen) atoms. The molecule has 1 aromatic heterocycles. The van der Waals surface area contributed by atoms with Gasteiger partial charge in [-0.25, -0.2) is 9.79 Å². The molecule has 0 aliphatic carbocycles. The van der Waals surface area contributed by atoms with Crippen molar-refractivity contribution < 1.29 is 19.1 Å². The van der Waals surface area contributed by atoms with Crippen LogP contribution in [0.4, 0.5) is 5.69 Å². The largest absolute Gasteiger partial charge is 0.478 e. The number of halogens is 2. The molecular weight excluding hydrogens is 516 g/mol. The molecule has 0 radical (unpaired) electrons. The van der Waals surface area contributed by atoms with Crippen molar-refractivity contribution in [2.45, 2.75) is 6.92 Å². The van der Waals surface area contributed by atoms with Crippen molar-refractivity contribution in [3.8, 4) is 11.3 Å². The second kappa shape index (κ2) is 8.97. The number of rotatable bonds is 4. The number of likely N-dealkylation sites (N-methyl/N-ethyl adjacent to an activating group) is 1. The molecule has 2 heterocycles. The van der Waals surface area contributed by atoms with Gasteiger partial charge in [0.25, 0.3) is 5.91 Å². The maximum Gasteiger partial charge on any atom is 0.335 e. The first-order valence-electron chi connectivity index (χ1n) is 9.38. The number of carboxylic acid groups (broad SMARTS) is 1. The van der Waals surface area contributed by atoms with Crippen LogP contribution in [0.2, 0.25) is 5.02 Å². The summed E-state index contributed by atoms with van der Waals surface area (Å²) in [7, 11) is 1.66. The zero-order valence-electron chi connectivity index (χ0n) is 16.9. The molecule has 0 unspecified atom stereocenters. The highest BCUT2D eigenvalue weighted by atomic mass is 79.9. The van der Waals surface area contributed by atoms with Crippen LogP contribution < -0.4 is 0 Å². The first-order chi connectivity index (χ1) is 15.2. The fourth-order valence-corrected chi connectivity index (χ4v) is 4.48. The summed E-state index contributed by atoms with van der Waals surface area (Å²) >= 11 is 10.7. The lowest BCUT2D eigenvalue weighted by Gasteiger charge is -2.07. The minimum absolute atomic E-state index is 0.183. The Bertz CT molecular complexity index is 1320. The summed E-state index contributed by atoms with van der Waals surface area (Å²) in [6.07, 6.45) is 1.67. The highest BCUT2D eigenvalue weighted by Gasteiger charge is 2.30. The average Bonchev–Trinajstić information content (AvgIpc) is 3.31. The number of aryl methyl sites for hydroxylation is 1. The Morgan fingerprint density at radius 2 is 2.00 bits per heavy atom. The van der Waals surface area contributed by atoms with Crippen LogP contribution in [-0.2, 0) is 4.79 Å². The van der Waals surface area contributed by atoms with Gasteiger partial charge < -0.3 is 9.52 Å². The first kappa shape index (κ1) is 22.4. The first-order valence-corrected chi connectivity index (χ1v) is 11.4. The number of nitrogens with zero attached hydrogens (tertiary/aromatic N) is 2. The van der Waals surface area contributed by atoms with E-state index in [1.807, 2.05) is 6.92 Å². The van der Waals surface area contributed by atoms with E-state index >= 15 is 0 Å². The third kappa shape index (κ3) is 4.53. The lowest BCUT2D eigenvalue weighted by Crippen LogP contribution is -2.23. The number of aromatic carboxylic acids is 1.